The third-order valence-electron chi connectivity index (χ3n) is 3.98. The Balaban J connectivity index is 2.03. The average molecular weight is 485 g/mol. The van der Waals surface area contributed by atoms with Gasteiger partial charge in [-0.05, 0) is 60.2 Å². The van der Waals surface area contributed by atoms with Gasteiger partial charge in [0.1, 0.15) is 4.90 Å². The Morgan fingerprint density at radius 3 is 2.10 bits per heavy atom. The second-order valence-electron chi connectivity index (χ2n) is 6.02. The van der Waals surface area contributed by atoms with E-state index in [0.29, 0.717) is 5.02 Å². The number of carbonyl (C=O) groups excluding carboxylic acids is 1. The maximum absolute atomic E-state index is 12.8. The first kappa shape index (κ1) is 22.1. The minimum atomic E-state index is -4.34. The minimum Gasteiger partial charge on any atom is -0.545 e. The maximum atomic E-state index is 12.8. The molecule has 1 N–H and O–H groups in total. The Kier molecular flexibility index (Phi) is 6.09. The molecule has 0 aliphatic carbocycles. The molecule has 0 heterocycles. The highest BCUT2D eigenvalue weighted by Gasteiger charge is 2.24. The van der Waals surface area contributed by atoms with E-state index in [-0.39, 0.29) is 26.1 Å². The number of benzene rings is 3. The van der Waals surface area contributed by atoms with Gasteiger partial charge in [0.05, 0.1) is 20.8 Å². The third-order valence-corrected chi connectivity index (χ3v) is 7.86. The molecule has 3 aromatic carbocycles. The summed E-state index contributed by atoms with van der Waals surface area (Å²) in [6.45, 7) is 0. The monoisotopic (exact) mass is 484 g/mol. The number of hydrogen-bond donors (Lipinski definition) is 1. The lowest BCUT2D eigenvalue weighted by Gasteiger charge is -2.13. The van der Waals surface area contributed by atoms with Gasteiger partial charge in [0.15, 0.2) is 0 Å². The minimum absolute atomic E-state index is 0.0567. The molecule has 0 radical (unpaired) electrons. The molecule has 0 atom stereocenters. The van der Waals surface area contributed by atoms with Crippen LogP contribution in [-0.2, 0) is 19.9 Å². The quantitative estimate of drug-likeness (QED) is 0.573. The molecule has 3 aromatic rings. The predicted octanol–water partition coefficient (Wildman–Crippen LogP) is 2.99. The van der Waals surface area contributed by atoms with Crippen molar-refractivity contribution in [2.24, 2.45) is 0 Å². The van der Waals surface area contributed by atoms with Crippen LogP contribution in [0.4, 0.5) is 5.69 Å². The first-order valence-corrected chi connectivity index (χ1v) is 11.9. The number of halogens is 2. The molecule has 0 fully saturated rings. The molecule has 0 saturated carbocycles. The zero-order valence-corrected chi connectivity index (χ0v) is 18.0. The molecule has 0 spiro atoms. The van der Waals surface area contributed by atoms with Crippen LogP contribution < -0.4 is 9.83 Å². The fraction of sp³-hybridized carbons (Fsp3) is 0. The van der Waals surface area contributed by atoms with Crippen molar-refractivity contribution in [1.82, 2.24) is 0 Å². The van der Waals surface area contributed by atoms with Gasteiger partial charge in [0.25, 0.3) is 10.0 Å². The second-order valence-corrected chi connectivity index (χ2v) is 10.5. The summed E-state index contributed by atoms with van der Waals surface area (Å²) in [6.07, 6.45) is 0. The van der Waals surface area contributed by atoms with Gasteiger partial charge in [0.2, 0.25) is 9.84 Å². The molecule has 0 aromatic heterocycles. The number of rotatable bonds is 6. The van der Waals surface area contributed by atoms with Crippen LogP contribution in [0.2, 0.25) is 10.0 Å². The number of carboxylic acids is 1. The number of aromatic carboxylic acids is 1. The molecule has 30 heavy (non-hydrogen) atoms. The lowest BCUT2D eigenvalue weighted by atomic mass is 10.2. The van der Waals surface area contributed by atoms with Crippen LogP contribution in [0.3, 0.4) is 0 Å². The van der Waals surface area contributed by atoms with Crippen LogP contribution in [0.1, 0.15) is 10.4 Å². The lowest BCUT2D eigenvalue weighted by Crippen LogP contribution is -2.22. The molecular formula is C19H12Cl2NO6S2-. The van der Waals surface area contributed by atoms with E-state index in [2.05, 4.69) is 4.72 Å². The summed E-state index contributed by atoms with van der Waals surface area (Å²) in [5.74, 6) is -1.48. The van der Waals surface area contributed by atoms with Gasteiger partial charge in [-0.1, -0.05) is 35.3 Å². The summed E-state index contributed by atoms with van der Waals surface area (Å²) in [4.78, 5) is 10.1. The van der Waals surface area contributed by atoms with Gasteiger partial charge in [-0.25, -0.2) is 16.8 Å². The molecule has 0 unspecified atom stereocenters. The molecule has 3 rings (SSSR count). The molecule has 0 aliphatic rings. The predicted molar refractivity (Wildman–Crippen MR) is 110 cm³/mol. The number of sulfonamides is 1. The molecule has 156 valence electrons. The Bertz CT molecular complexity index is 1340. The molecule has 7 nitrogen and oxygen atoms in total. The normalized spacial score (nSPS) is 11.8. The standard InChI is InChI=1S/C19H13Cl2NO6S2/c20-13-4-6-15(7-5-13)29(25,26)16-8-9-17(21)18(11-16)30(27,28)22-14-3-1-2-12(10-14)19(23)24/h1-11,22H,(H,23,24)/p-1. The van der Waals surface area contributed by atoms with Crippen molar-refractivity contribution in [1.29, 1.82) is 0 Å². The number of sulfone groups is 1. The Morgan fingerprint density at radius 1 is 0.833 bits per heavy atom. The van der Waals surface area contributed by atoms with Gasteiger partial charge in [-0.15, -0.1) is 0 Å². The van der Waals surface area contributed by atoms with Gasteiger partial charge < -0.3 is 9.90 Å². The van der Waals surface area contributed by atoms with Crippen LogP contribution in [0.5, 0.6) is 0 Å². The van der Waals surface area contributed by atoms with E-state index in [1.165, 1.54) is 48.5 Å². The number of nitrogens with one attached hydrogen (secondary N) is 1. The SMILES string of the molecule is O=C([O-])c1cccc(NS(=O)(=O)c2cc(S(=O)(=O)c3ccc(Cl)cc3)ccc2Cl)c1. The summed E-state index contributed by atoms with van der Waals surface area (Å²) in [7, 11) is -8.38. The molecule has 11 heteroatoms. The molecule has 0 aliphatic heterocycles. The molecule has 0 saturated heterocycles. The van der Waals surface area contributed by atoms with Crippen molar-refractivity contribution in [3.63, 3.8) is 0 Å². The van der Waals surface area contributed by atoms with E-state index in [1.807, 2.05) is 0 Å². The van der Waals surface area contributed by atoms with Gasteiger partial charge >= 0.3 is 0 Å². The third kappa shape index (κ3) is 4.59. The first-order valence-electron chi connectivity index (χ1n) is 8.15. The largest absolute Gasteiger partial charge is 0.545 e. The van der Waals surface area contributed by atoms with E-state index in [4.69, 9.17) is 23.2 Å². The van der Waals surface area contributed by atoms with Crippen molar-refractivity contribution in [3.8, 4) is 0 Å². The van der Waals surface area contributed by atoms with Crippen LogP contribution in [0.15, 0.2) is 81.4 Å². The number of anilines is 1. The summed E-state index contributed by atoms with van der Waals surface area (Å²) >= 11 is 11.8. The molecule has 0 bridgehead atoms. The average Bonchev–Trinajstić information content (AvgIpc) is 2.68. The van der Waals surface area contributed by atoms with Crippen LogP contribution in [-0.4, -0.2) is 22.8 Å². The van der Waals surface area contributed by atoms with E-state index in [1.54, 1.807) is 0 Å². The highest BCUT2D eigenvalue weighted by atomic mass is 35.5. The number of hydrogen-bond acceptors (Lipinski definition) is 6. The smallest absolute Gasteiger partial charge is 0.263 e. The highest BCUT2D eigenvalue weighted by Crippen LogP contribution is 2.30. The van der Waals surface area contributed by atoms with E-state index in [0.717, 1.165) is 18.2 Å². The number of carboxylic acid groups (broad SMARTS) is 1. The van der Waals surface area contributed by atoms with Crippen LogP contribution >= 0.6 is 23.2 Å². The van der Waals surface area contributed by atoms with Gasteiger partial charge in [-0.3, -0.25) is 4.72 Å². The summed E-state index contributed by atoms with van der Waals surface area (Å²) in [5.41, 5.74) is -0.293. The van der Waals surface area contributed by atoms with Crippen LogP contribution in [0, 0.1) is 0 Å². The second kappa shape index (κ2) is 8.27. The first-order chi connectivity index (χ1) is 14.0. The van der Waals surface area contributed by atoms with Crippen molar-refractivity contribution >= 4 is 54.7 Å². The summed E-state index contributed by atoms with van der Waals surface area (Å²) in [6, 6.07) is 13.6. The van der Waals surface area contributed by atoms with Crippen molar-refractivity contribution < 1.29 is 26.7 Å². The van der Waals surface area contributed by atoms with Crippen LogP contribution in [0.25, 0.3) is 0 Å². The van der Waals surface area contributed by atoms with Crippen molar-refractivity contribution in [2.45, 2.75) is 14.7 Å². The summed E-state index contributed by atoms with van der Waals surface area (Å²) < 4.78 is 53.4. The maximum Gasteiger partial charge on any atom is 0.263 e. The summed E-state index contributed by atoms with van der Waals surface area (Å²) in [5, 5.41) is 11.1. The van der Waals surface area contributed by atoms with E-state index >= 15 is 0 Å². The van der Waals surface area contributed by atoms with Crippen molar-refractivity contribution in [3.05, 3.63) is 82.3 Å². The fourth-order valence-corrected chi connectivity index (χ4v) is 5.59. The Hall–Kier alpha value is -2.59. The number of carbonyl (C=O) groups is 1. The molecule has 0 amide bonds. The zero-order chi connectivity index (χ0) is 22.1. The fourth-order valence-electron chi connectivity index (χ4n) is 2.53. The highest BCUT2D eigenvalue weighted by molar-refractivity contribution is 7.93. The Morgan fingerprint density at radius 2 is 1.47 bits per heavy atom. The molecular weight excluding hydrogens is 473 g/mol. The van der Waals surface area contributed by atoms with E-state index in [9.17, 15) is 26.7 Å². The van der Waals surface area contributed by atoms with Gasteiger partial charge in [-0.2, -0.15) is 0 Å². The lowest BCUT2D eigenvalue weighted by molar-refractivity contribution is -0.255. The van der Waals surface area contributed by atoms with Crippen molar-refractivity contribution in [2.75, 3.05) is 4.72 Å². The topological polar surface area (TPSA) is 120 Å². The Labute approximate surface area is 182 Å². The van der Waals surface area contributed by atoms with Gasteiger partial charge in [0, 0.05) is 10.7 Å². The zero-order valence-electron chi connectivity index (χ0n) is 14.9. The van der Waals surface area contributed by atoms with E-state index < -0.39 is 30.7 Å².